The van der Waals surface area contributed by atoms with Crippen LogP contribution in [-0.2, 0) is 9.59 Å². The Morgan fingerprint density at radius 3 is 2.35 bits per heavy atom. The van der Waals surface area contributed by atoms with Gasteiger partial charge in [0.15, 0.2) is 0 Å². The highest BCUT2D eigenvalue weighted by Gasteiger charge is 2.25. The Bertz CT molecular complexity index is 347. The smallest absolute Gasteiger partial charge is 0.303 e. The Kier molecular flexibility index (Phi) is 9.97. The number of amides is 1. The van der Waals surface area contributed by atoms with E-state index in [1.165, 1.54) is 32.1 Å². The van der Waals surface area contributed by atoms with Gasteiger partial charge in [0.05, 0.1) is 0 Å². The van der Waals surface area contributed by atoms with Crippen LogP contribution >= 0.6 is 0 Å². The van der Waals surface area contributed by atoms with Crippen LogP contribution in [0.4, 0.5) is 0 Å². The normalized spacial score (nSPS) is 21.3. The van der Waals surface area contributed by atoms with Gasteiger partial charge in [0.2, 0.25) is 5.91 Å². The minimum absolute atomic E-state index is 0.204. The highest BCUT2D eigenvalue weighted by molar-refractivity contribution is 5.78. The van der Waals surface area contributed by atoms with Gasteiger partial charge in [-0.1, -0.05) is 39.5 Å². The molecule has 0 aromatic heterocycles. The van der Waals surface area contributed by atoms with E-state index >= 15 is 0 Å². The molecule has 23 heavy (non-hydrogen) atoms. The van der Waals surface area contributed by atoms with Crippen molar-refractivity contribution in [3.63, 3.8) is 0 Å². The molecule has 1 fully saturated rings. The lowest BCUT2D eigenvalue weighted by atomic mass is 9.79. The third kappa shape index (κ3) is 9.62. The van der Waals surface area contributed by atoms with Gasteiger partial charge in [-0.15, -0.1) is 0 Å². The molecule has 0 aromatic carbocycles. The van der Waals surface area contributed by atoms with E-state index in [1.807, 2.05) is 0 Å². The van der Waals surface area contributed by atoms with Crippen molar-refractivity contribution in [1.29, 1.82) is 0 Å². The van der Waals surface area contributed by atoms with Crippen molar-refractivity contribution in [2.24, 2.45) is 17.8 Å². The monoisotopic (exact) mass is 325 g/mol. The lowest BCUT2D eigenvalue weighted by molar-refractivity contribution is -0.137. The standard InChI is InChI=1S/C19H35NO3/c1-15(2)7-6-8-16-10-12-17(13-11-16)19(23)20-14-5-3-4-9-18(21)22/h15-17H,3-14H2,1-2H3,(H,20,23)(H,21,22)/t16-,17-. The molecule has 4 heteroatoms. The van der Waals surface area contributed by atoms with Crippen LogP contribution in [0.2, 0.25) is 0 Å². The highest BCUT2D eigenvalue weighted by Crippen LogP contribution is 2.32. The van der Waals surface area contributed by atoms with Crippen LogP contribution in [0.1, 0.15) is 84.5 Å². The molecule has 0 spiro atoms. The van der Waals surface area contributed by atoms with Crippen molar-refractivity contribution in [3.05, 3.63) is 0 Å². The zero-order chi connectivity index (χ0) is 17.1. The minimum atomic E-state index is -0.737. The molecule has 1 aliphatic rings. The summed E-state index contributed by atoms with van der Waals surface area (Å²) in [6.45, 7) is 5.25. The van der Waals surface area contributed by atoms with E-state index in [-0.39, 0.29) is 18.2 Å². The molecule has 0 unspecified atom stereocenters. The molecule has 0 radical (unpaired) electrons. The van der Waals surface area contributed by atoms with Gasteiger partial charge in [0.1, 0.15) is 0 Å². The minimum Gasteiger partial charge on any atom is -0.481 e. The Labute approximate surface area is 141 Å². The predicted molar refractivity (Wildman–Crippen MR) is 93.3 cm³/mol. The number of hydrogen-bond acceptors (Lipinski definition) is 2. The molecule has 0 saturated heterocycles. The summed E-state index contributed by atoms with van der Waals surface area (Å²) in [7, 11) is 0. The molecule has 0 aliphatic heterocycles. The number of rotatable bonds is 11. The van der Waals surface area contributed by atoms with Crippen LogP contribution in [0.15, 0.2) is 0 Å². The first-order valence-corrected chi connectivity index (χ1v) is 9.48. The zero-order valence-electron chi connectivity index (χ0n) is 15.0. The van der Waals surface area contributed by atoms with Crippen LogP contribution in [0.3, 0.4) is 0 Å². The Morgan fingerprint density at radius 2 is 1.74 bits per heavy atom. The SMILES string of the molecule is CC(C)CCC[C@H]1CC[C@H](C(=O)NCCCCCC(=O)O)CC1. The third-order valence-electron chi connectivity index (χ3n) is 4.98. The molecule has 2 N–H and O–H groups in total. The van der Waals surface area contributed by atoms with Crippen LogP contribution in [0, 0.1) is 17.8 Å². The summed E-state index contributed by atoms with van der Waals surface area (Å²) in [6.07, 6.45) is 11.1. The quantitative estimate of drug-likeness (QED) is 0.554. The fourth-order valence-electron chi connectivity index (χ4n) is 3.46. The van der Waals surface area contributed by atoms with Gasteiger partial charge in [-0.05, 0) is 50.4 Å². The summed E-state index contributed by atoms with van der Waals surface area (Å²) in [5, 5.41) is 11.6. The average Bonchev–Trinajstić information content (AvgIpc) is 2.50. The molecule has 0 atom stereocenters. The van der Waals surface area contributed by atoms with E-state index in [0.29, 0.717) is 13.0 Å². The number of aliphatic carboxylic acids is 1. The summed E-state index contributed by atoms with van der Waals surface area (Å²) < 4.78 is 0. The fourth-order valence-corrected chi connectivity index (χ4v) is 3.46. The number of carbonyl (C=O) groups is 2. The maximum absolute atomic E-state index is 12.1. The molecule has 1 saturated carbocycles. The van der Waals surface area contributed by atoms with E-state index in [0.717, 1.165) is 37.5 Å². The highest BCUT2D eigenvalue weighted by atomic mass is 16.4. The predicted octanol–water partition coefficient (Wildman–Crippen LogP) is 4.38. The second kappa shape index (κ2) is 11.5. The van der Waals surface area contributed by atoms with E-state index in [1.54, 1.807) is 0 Å². The summed E-state index contributed by atoms with van der Waals surface area (Å²) in [5.41, 5.74) is 0. The first kappa shape index (κ1) is 20.0. The molecule has 4 nitrogen and oxygen atoms in total. The molecule has 0 aromatic rings. The second-order valence-electron chi connectivity index (χ2n) is 7.54. The van der Waals surface area contributed by atoms with Crippen molar-refractivity contribution < 1.29 is 14.7 Å². The fraction of sp³-hybridized carbons (Fsp3) is 0.895. The Morgan fingerprint density at radius 1 is 1.04 bits per heavy atom. The van der Waals surface area contributed by atoms with Gasteiger partial charge in [0, 0.05) is 18.9 Å². The van der Waals surface area contributed by atoms with Crippen LogP contribution in [0.5, 0.6) is 0 Å². The molecular formula is C19H35NO3. The summed E-state index contributed by atoms with van der Waals surface area (Å²) in [5.74, 6) is 1.31. The molecule has 1 amide bonds. The lowest BCUT2D eigenvalue weighted by Crippen LogP contribution is -2.33. The number of nitrogens with one attached hydrogen (secondary N) is 1. The van der Waals surface area contributed by atoms with Gasteiger partial charge in [-0.25, -0.2) is 0 Å². The van der Waals surface area contributed by atoms with Gasteiger partial charge < -0.3 is 10.4 Å². The number of carboxylic acids is 1. The molecular weight excluding hydrogens is 290 g/mol. The number of carbonyl (C=O) groups excluding carboxylic acids is 1. The van der Waals surface area contributed by atoms with Crippen molar-refractivity contribution in [2.75, 3.05) is 6.54 Å². The Hall–Kier alpha value is -1.06. The van der Waals surface area contributed by atoms with Crippen LogP contribution in [0.25, 0.3) is 0 Å². The van der Waals surface area contributed by atoms with E-state index < -0.39 is 5.97 Å². The molecule has 0 heterocycles. The summed E-state index contributed by atoms with van der Waals surface area (Å²) >= 11 is 0. The largest absolute Gasteiger partial charge is 0.481 e. The Balaban J connectivity index is 2.04. The van der Waals surface area contributed by atoms with Crippen LogP contribution < -0.4 is 5.32 Å². The number of hydrogen-bond donors (Lipinski definition) is 2. The van der Waals surface area contributed by atoms with Crippen molar-refractivity contribution in [2.45, 2.75) is 84.5 Å². The average molecular weight is 325 g/mol. The number of unbranched alkanes of at least 4 members (excludes halogenated alkanes) is 2. The first-order valence-electron chi connectivity index (χ1n) is 9.48. The van der Waals surface area contributed by atoms with Gasteiger partial charge in [-0.3, -0.25) is 9.59 Å². The first-order chi connectivity index (χ1) is 11.0. The summed E-state index contributed by atoms with van der Waals surface area (Å²) in [6, 6.07) is 0. The van der Waals surface area contributed by atoms with Gasteiger partial charge in [0.25, 0.3) is 0 Å². The molecule has 1 rings (SSSR count). The third-order valence-corrected chi connectivity index (χ3v) is 4.98. The molecule has 1 aliphatic carbocycles. The maximum Gasteiger partial charge on any atom is 0.303 e. The molecule has 134 valence electrons. The number of carboxylic acid groups (broad SMARTS) is 1. The van der Waals surface area contributed by atoms with Crippen molar-refractivity contribution in [1.82, 2.24) is 5.32 Å². The molecule has 0 bridgehead atoms. The van der Waals surface area contributed by atoms with Gasteiger partial charge >= 0.3 is 5.97 Å². The second-order valence-corrected chi connectivity index (χ2v) is 7.54. The van der Waals surface area contributed by atoms with E-state index in [2.05, 4.69) is 19.2 Å². The van der Waals surface area contributed by atoms with Gasteiger partial charge in [-0.2, -0.15) is 0 Å². The topological polar surface area (TPSA) is 66.4 Å². The maximum atomic E-state index is 12.1. The zero-order valence-corrected chi connectivity index (χ0v) is 15.0. The van der Waals surface area contributed by atoms with Crippen molar-refractivity contribution in [3.8, 4) is 0 Å². The van der Waals surface area contributed by atoms with Crippen molar-refractivity contribution >= 4 is 11.9 Å². The lowest BCUT2D eigenvalue weighted by Gasteiger charge is -2.28. The van der Waals surface area contributed by atoms with E-state index in [4.69, 9.17) is 5.11 Å². The summed E-state index contributed by atoms with van der Waals surface area (Å²) in [4.78, 5) is 22.5. The van der Waals surface area contributed by atoms with Crippen LogP contribution in [-0.4, -0.2) is 23.5 Å². The van der Waals surface area contributed by atoms with E-state index in [9.17, 15) is 9.59 Å².